The number of aromatic nitrogens is 4. The van der Waals surface area contributed by atoms with Crippen LogP contribution < -0.4 is 16.4 Å². The topological polar surface area (TPSA) is 153 Å². The van der Waals surface area contributed by atoms with Crippen LogP contribution in [0.3, 0.4) is 0 Å². The number of primary amides is 1. The van der Waals surface area contributed by atoms with Crippen LogP contribution in [0.25, 0.3) is 0 Å². The van der Waals surface area contributed by atoms with E-state index in [-0.39, 0.29) is 22.1 Å². The van der Waals surface area contributed by atoms with E-state index >= 15 is 0 Å². The maximum absolute atomic E-state index is 13.0. The van der Waals surface area contributed by atoms with Crippen LogP contribution in [-0.2, 0) is 6.18 Å². The molecule has 0 saturated carbocycles. The van der Waals surface area contributed by atoms with E-state index in [1.54, 1.807) is 6.92 Å². The Balaban J connectivity index is 1.69. The van der Waals surface area contributed by atoms with Crippen molar-refractivity contribution < 1.29 is 27.6 Å². The lowest BCUT2D eigenvalue weighted by molar-refractivity contribution is -0.137. The molecule has 0 aliphatic heterocycles. The number of amides is 3. The normalized spacial score (nSPS) is 12.2. The summed E-state index contributed by atoms with van der Waals surface area (Å²) in [6.45, 7) is 1.59. The number of alkyl halides is 3. The number of nitrogens with one attached hydrogen (secondary N) is 2. The molecule has 10 nitrogen and oxygen atoms in total. The molecule has 33 heavy (non-hydrogen) atoms. The first kappa shape index (κ1) is 24.0. The molecule has 1 atom stereocenters. The van der Waals surface area contributed by atoms with Gasteiger partial charge in [-0.3, -0.25) is 14.4 Å². The SMILES string of the molecule is CC(NC(=O)c1cc(C(N)=O)ncn1)c1ncc(C(=O)Nc2cc(C(F)(F)F)c(Cl)cn2)s1. The van der Waals surface area contributed by atoms with Crippen molar-refractivity contribution in [1.82, 2.24) is 25.3 Å². The van der Waals surface area contributed by atoms with Gasteiger partial charge in [-0.1, -0.05) is 11.6 Å². The van der Waals surface area contributed by atoms with E-state index in [0.29, 0.717) is 11.1 Å². The van der Waals surface area contributed by atoms with Crippen LogP contribution in [-0.4, -0.2) is 37.7 Å². The summed E-state index contributed by atoms with van der Waals surface area (Å²) in [5.74, 6) is -2.56. The molecule has 4 N–H and O–H groups in total. The van der Waals surface area contributed by atoms with E-state index in [4.69, 9.17) is 17.3 Å². The van der Waals surface area contributed by atoms with E-state index in [2.05, 4.69) is 30.6 Å². The van der Waals surface area contributed by atoms with Gasteiger partial charge in [0.1, 0.15) is 33.4 Å². The number of halogens is 4. The standard InChI is InChI=1S/C18H13ClF3N7O3S/c1-7(28-15(31)11-3-10(14(23)30)26-6-27-11)17-25-5-12(33-17)16(32)29-13-2-8(18(20,21)22)9(19)4-24-13/h2-7H,1H3,(H2,23,30)(H,28,31)(H,24,29,32). The van der Waals surface area contributed by atoms with Crippen molar-refractivity contribution in [2.45, 2.75) is 19.1 Å². The summed E-state index contributed by atoms with van der Waals surface area (Å²) in [7, 11) is 0. The zero-order chi connectivity index (χ0) is 24.3. The molecule has 0 fully saturated rings. The van der Waals surface area contributed by atoms with Gasteiger partial charge in [0, 0.05) is 12.3 Å². The van der Waals surface area contributed by atoms with Gasteiger partial charge in [0.2, 0.25) is 0 Å². The second-order valence-electron chi connectivity index (χ2n) is 6.41. The largest absolute Gasteiger partial charge is 0.418 e. The second-order valence-corrected chi connectivity index (χ2v) is 7.88. The Hall–Kier alpha value is -3.65. The summed E-state index contributed by atoms with van der Waals surface area (Å²) in [6.07, 6.45) is -1.71. The number of anilines is 1. The van der Waals surface area contributed by atoms with Crippen molar-refractivity contribution in [3.8, 4) is 0 Å². The van der Waals surface area contributed by atoms with Crippen LogP contribution in [0, 0.1) is 0 Å². The molecule has 0 saturated heterocycles. The highest BCUT2D eigenvalue weighted by molar-refractivity contribution is 7.13. The summed E-state index contributed by atoms with van der Waals surface area (Å²) >= 11 is 6.42. The summed E-state index contributed by atoms with van der Waals surface area (Å²) in [5, 5.41) is 4.57. The Bertz CT molecular complexity index is 1230. The van der Waals surface area contributed by atoms with Crippen molar-refractivity contribution in [3.05, 3.63) is 62.7 Å². The molecule has 1 unspecified atom stereocenters. The second kappa shape index (κ2) is 9.46. The third-order valence-electron chi connectivity index (χ3n) is 4.02. The summed E-state index contributed by atoms with van der Waals surface area (Å²) < 4.78 is 38.9. The Labute approximate surface area is 192 Å². The first-order valence-electron chi connectivity index (χ1n) is 8.88. The van der Waals surface area contributed by atoms with E-state index in [1.165, 1.54) is 6.20 Å². The molecule has 172 valence electrons. The van der Waals surface area contributed by atoms with Gasteiger partial charge in [-0.15, -0.1) is 11.3 Å². The summed E-state index contributed by atoms with van der Waals surface area (Å²) in [5.41, 5.74) is 3.74. The van der Waals surface area contributed by atoms with Crippen molar-refractivity contribution in [2.75, 3.05) is 5.32 Å². The van der Waals surface area contributed by atoms with Gasteiger partial charge in [-0.25, -0.2) is 19.9 Å². The third kappa shape index (κ3) is 5.78. The number of pyridine rings is 1. The number of thiazole rings is 1. The molecule has 3 heterocycles. The lowest BCUT2D eigenvalue weighted by Crippen LogP contribution is -2.28. The van der Waals surface area contributed by atoms with Crippen molar-refractivity contribution in [3.63, 3.8) is 0 Å². The molecule has 3 aromatic rings. The van der Waals surface area contributed by atoms with Crippen molar-refractivity contribution >= 4 is 46.5 Å². The minimum atomic E-state index is -4.72. The van der Waals surface area contributed by atoms with E-state index in [9.17, 15) is 27.6 Å². The smallest absolute Gasteiger partial charge is 0.364 e. The minimum absolute atomic E-state index is 0.0643. The molecule has 0 aromatic carbocycles. The monoisotopic (exact) mass is 499 g/mol. The highest BCUT2D eigenvalue weighted by Gasteiger charge is 2.34. The maximum Gasteiger partial charge on any atom is 0.418 e. The van der Waals surface area contributed by atoms with Gasteiger partial charge in [0.15, 0.2) is 0 Å². The highest BCUT2D eigenvalue weighted by Crippen LogP contribution is 2.35. The number of hydrogen-bond donors (Lipinski definition) is 3. The zero-order valence-corrected chi connectivity index (χ0v) is 18.0. The lowest BCUT2D eigenvalue weighted by atomic mass is 10.2. The van der Waals surface area contributed by atoms with Gasteiger partial charge in [-0.2, -0.15) is 13.2 Å². The van der Waals surface area contributed by atoms with Crippen molar-refractivity contribution in [1.29, 1.82) is 0 Å². The lowest BCUT2D eigenvalue weighted by Gasteiger charge is -2.11. The van der Waals surface area contributed by atoms with Gasteiger partial charge < -0.3 is 16.4 Å². The van der Waals surface area contributed by atoms with E-state index in [1.807, 2.05) is 0 Å². The first-order chi connectivity index (χ1) is 15.5. The number of nitrogens with zero attached hydrogens (tertiary/aromatic N) is 4. The third-order valence-corrected chi connectivity index (χ3v) is 5.50. The number of hydrogen-bond acceptors (Lipinski definition) is 8. The average Bonchev–Trinajstić information content (AvgIpc) is 3.25. The molecule has 0 spiro atoms. The Kier molecular flexibility index (Phi) is 6.88. The Morgan fingerprint density at radius 2 is 1.76 bits per heavy atom. The molecule has 0 aliphatic rings. The van der Waals surface area contributed by atoms with Gasteiger partial charge in [0.05, 0.1) is 22.8 Å². The molecule has 15 heteroatoms. The predicted molar refractivity (Wildman–Crippen MR) is 111 cm³/mol. The van der Waals surface area contributed by atoms with Crippen LogP contribution in [0.2, 0.25) is 5.02 Å². The fourth-order valence-corrected chi connectivity index (χ4v) is 3.47. The minimum Gasteiger partial charge on any atom is -0.364 e. The number of nitrogens with two attached hydrogens (primary N) is 1. The number of carbonyl (C=O) groups excluding carboxylic acids is 3. The molecule has 0 aliphatic carbocycles. The molecular weight excluding hydrogens is 487 g/mol. The number of carbonyl (C=O) groups is 3. The average molecular weight is 500 g/mol. The molecule has 3 rings (SSSR count). The summed E-state index contributed by atoms with van der Waals surface area (Å²) in [6, 6.07) is 1.08. The Morgan fingerprint density at radius 3 is 2.42 bits per heavy atom. The van der Waals surface area contributed by atoms with Gasteiger partial charge >= 0.3 is 6.18 Å². The van der Waals surface area contributed by atoms with Gasteiger partial charge in [-0.05, 0) is 13.0 Å². The fraction of sp³-hybridized carbons (Fsp3) is 0.167. The van der Waals surface area contributed by atoms with E-state index < -0.39 is 40.5 Å². The van der Waals surface area contributed by atoms with Crippen LogP contribution >= 0.6 is 22.9 Å². The quantitative estimate of drug-likeness (QED) is 0.471. The summed E-state index contributed by atoms with van der Waals surface area (Å²) in [4.78, 5) is 51.2. The van der Waals surface area contributed by atoms with Crippen LogP contribution in [0.1, 0.15) is 54.2 Å². The fourth-order valence-electron chi connectivity index (χ4n) is 2.44. The van der Waals surface area contributed by atoms with Crippen molar-refractivity contribution in [2.24, 2.45) is 5.73 Å². The van der Waals surface area contributed by atoms with Crippen LogP contribution in [0.4, 0.5) is 19.0 Å². The molecule has 0 bridgehead atoms. The van der Waals surface area contributed by atoms with Crippen LogP contribution in [0.5, 0.6) is 0 Å². The molecule has 3 aromatic heterocycles. The zero-order valence-electron chi connectivity index (χ0n) is 16.5. The molecule has 3 amide bonds. The van der Waals surface area contributed by atoms with Crippen LogP contribution in [0.15, 0.2) is 30.9 Å². The first-order valence-corrected chi connectivity index (χ1v) is 10.1. The van der Waals surface area contributed by atoms with E-state index in [0.717, 1.165) is 29.9 Å². The predicted octanol–water partition coefficient (Wildman–Crippen LogP) is 2.84. The molecule has 0 radical (unpaired) electrons. The Morgan fingerprint density at radius 1 is 1.06 bits per heavy atom. The maximum atomic E-state index is 13.0. The molecular formula is C18H13ClF3N7O3S. The number of rotatable bonds is 6. The highest BCUT2D eigenvalue weighted by atomic mass is 35.5. The van der Waals surface area contributed by atoms with Gasteiger partial charge in [0.25, 0.3) is 17.7 Å².